The largest absolute Gasteiger partial charge is 0.269 e. The molecule has 9 nitrogen and oxygen atoms in total. The summed E-state index contributed by atoms with van der Waals surface area (Å²) in [7, 11) is 0. The first-order chi connectivity index (χ1) is 30.5. The Labute approximate surface area is 376 Å². The van der Waals surface area contributed by atoms with E-state index >= 15 is 0 Å². The van der Waals surface area contributed by atoms with Gasteiger partial charge in [0.1, 0.15) is 0 Å². The van der Waals surface area contributed by atoms with E-state index in [1.807, 2.05) is 91.0 Å². The molecule has 5 aromatic carbocycles. The van der Waals surface area contributed by atoms with Crippen molar-refractivity contribution in [2.24, 2.45) is 0 Å². The summed E-state index contributed by atoms with van der Waals surface area (Å²) in [5, 5.41) is 0. The summed E-state index contributed by atoms with van der Waals surface area (Å²) < 4.78 is 0. The first kappa shape index (κ1) is 55.7. The number of carbonyl (C=O) groups is 6. The smallest absolute Gasteiger partial charge is 0.258 e. The Morgan fingerprint density at radius 3 is 0.476 bits per heavy atom. The first-order valence-corrected chi connectivity index (χ1v) is 21.4. The Hall–Kier alpha value is -7.26. The predicted octanol–water partition coefficient (Wildman–Crippen LogP) is 12.4. The maximum Gasteiger partial charge on any atom is 0.258 e. The number of amides is 6. The van der Waals surface area contributed by atoms with Crippen LogP contribution in [0.3, 0.4) is 0 Å². The summed E-state index contributed by atoms with van der Waals surface area (Å²) in [6, 6.07) is 50.6. The van der Waals surface area contributed by atoms with Gasteiger partial charge in [0.05, 0.1) is 17.1 Å². The Kier molecular flexibility index (Phi) is 32.4. The van der Waals surface area contributed by atoms with E-state index in [0.29, 0.717) is 17.1 Å². The van der Waals surface area contributed by atoms with Crippen molar-refractivity contribution in [1.82, 2.24) is 0 Å². The number of anilines is 3. The van der Waals surface area contributed by atoms with Gasteiger partial charge in [-0.1, -0.05) is 208 Å². The van der Waals surface area contributed by atoms with Crippen LogP contribution < -0.4 is 14.7 Å². The van der Waals surface area contributed by atoms with Crippen LogP contribution in [0.2, 0.25) is 0 Å². The number of hydrogen-bond acceptors (Lipinski definition) is 6. The lowest BCUT2D eigenvalue weighted by Crippen LogP contribution is -2.29. The van der Waals surface area contributed by atoms with Crippen molar-refractivity contribution in [2.75, 3.05) is 14.7 Å². The molecule has 5 aromatic rings. The first-order valence-electron chi connectivity index (χ1n) is 21.4. The van der Waals surface area contributed by atoms with Crippen LogP contribution >= 0.6 is 0 Å². The topological polar surface area (TPSA) is 112 Å². The molecule has 63 heavy (non-hydrogen) atoms. The molecule has 3 heterocycles. The molecule has 0 aromatic heterocycles. The van der Waals surface area contributed by atoms with Crippen molar-refractivity contribution in [3.05, 3.63) is 200 Å². The lowest BCUT2D eigenvalue weighted by Gasteiger charge is -2.12. The van der Waals surface area contributed by atoms with Gasteiger partial charge in [0.15, 0.2) is 0 Å². The van der Waals surface area contributed by atoms with Crippen molar-refractivity contribution in [3.63, 3.8) is 0 Å². The zero-order chi connectivity index (χ0) is 47.1. The molecule has 6 amide bonds. The van der Waals surface area contributed by atoms with Crippen molar-refractivity contribution in [1.29, 1.82) is 0 Å². The highest BCUT2D eigenvalue weighted by Gasteiger charge is 2.26. The number of benzene rings is 5. The summed E-state index contributed by atoms with van der Waals surface area (Å²) in [4.78, 5) is 70.6. The number of carbonyl (C=O) groups excluding carboxylic acids is 6. The van der Waals surface area contributed by atoms with Crippen LogP contribution in [0.4, 0.5) is 17.1 Å². The van der Waals surface area contributed by atoms with Crippen LogP contribution in [0.15, 0.2) is 200 Å². The minimum atomic E-state index is -0.281. The highest BCUT2D eigenvalue weighted by Crippen LogP contribution is 2.19. The van der Waals surface area contributed by atoms with E-state index in [2.05, 4.69) is 55.4 Å². The molecule has 0 saturated heterocycles. The number of imide groups is 3. The van der Waals surface area contributed by atoms with E-state index in [1.165, 1.54) is 62.1 Å². The van der Waals surface area contributed by atoms with Gasteiger partial charge in [0.25, 0.3) is 35.4 Å². The molecule has 8 rings (SSSR count). The monoisotopic (exact) mass is 851 g/mol. The van der Waals surface area contributed by atoms with E-state index in [-0.39, 0.29) is 35.4 Å². The van der Waals surface area contributed by atoms with Crippen LogP contribution in [0.1, 0.15) is 81.1 Å². The number of rotatable bonds is 3. The highest BCUT2D eigenvalue weighted by molar-refractivity contribution is 6.29. The van der Waals surface area contributed by atoms with Gasteiger partial charge in [-0.25, -0.2) is 14.7 Å². The van der Waals surface area contributed by atoms with Crippen LogP contribution in [0, 0.1) is 0 Å². The highest BCUT2D eigenvalue weighted by atomic mass is 16.2. The summed E-state index contributed by atoms with van der Waals surface area (Å²) in [5.74, 6) is -1.69. The fourth-order valence-electron chi connectivity index (χ4n) is 4.47. The normalized spacial score (nSPS) is 12.3. The van der Waals surface area contributed by atoms with Crippen molar-refractivity contribution >= 4 is 52.5 Å². The summed E-state index contributed by atoms with van der Waals surface area (Å²) in [5.41, 5.74) is 1.84. The SMILES string of the molecule is CCC.CCC.CCC.CCC.O=C1C=CC(=O)N1c1ccccc1.O=C1C=CC(=O)N1c1ccccc1.O=C1C=CC(=O)N1c1ccccc1.c1ccccc1.c1ccccc1. The van der Waals surface area contributed by atoms with Gasteiger partial charge < -0.3 is 0 Å². The van der Waals surface area contributed by atoms with E-state index in [9.17, 15) is 28.8 Å². The molecule has 9 heteroatoms. The van der Waals surface area contributed by atoms with Gasteiger partial charge in [-0.15, -0.1) is 0 Å². The zero-order valence-corrected chi connectivity index (χ0v) is 38.2. The Morgan fingerprint density at radius 2 is 0.349 bits per heavy atom. The van der Waals surface area contributed by atoms with E-state index in [1.54, 1.807) is 72.8 Å². The lowest BCUT2D eigenvalue weighted by molar-refractivity contribution is -0.121. The van der Waals surface area contributed by atoms with E-state index < -0.39 is 0 Å². The van der Waals surface area contributed by atoms with Gasteiger partial charge >= 0.3 is 0 Å². The molecule has 3 aliphatic rings. The molecule has 0 fully saturated rings. The Bertz CT molecular complexity index is 1740. The third-order valence-electron chi connectivity index (χ3n) is 6.80. The standard InChI is InChI=1S/3C10H7NO2.2C6H6.4C3H8/c3*12-9-6-7-10(13)11(9)8-4-2-1-3-5-8;2*1-2-4-6-5-3-1;4*1-3-2/h3*1-7H;2*1-6H;4*3H2,1-2H3. The van der Waals surface area contributed by atoms with E-state index in [4.69, 9.17) is 0 Å². The molecular weight excluding hydrogens is 787 g/mol. The van der Waals surface area contributed by atoms with Crippen molar-refractivity contribution in [2.45, 2.75) is 81.1 Å². The fraction of sp³-hybridized carbons (Fsp3) is 0.222. The maximum absolute atomic E-state index is 11.2. The van der Waals surface area contributed by atoms with Gasteiger partial charge in [-0.2, -0.15) is 0 Å². The minimum absolute atomic E-state index is 0.281. The molecule has 0 atom stereocenters. The quantitative estimate of drug-likeness (QED) is 0.167. The third-order valence-corrected chi connectivity index (χ3v) is 6.80. The van der Waals surface area contributed by atoms with Crippen LogP contribution in [0.25, 0.3) is 0 Å². The average Bonchev–Trinajstić information content (AvgIpc) is 3.97. The second kappa shape index (κ2) is 36.6. The van der Waals surface area contributed by atoms with Crippen molar-refractivity contribution in [3.8, 4) is 0 Å². The van der Waals surface area contributed by atoms with Crippen LogP contribution in [-0.2, 0) is 28.8 Å². The molecule has 0 spiro atoms. The maximum atomic E-state index is 11.2. The van der Waals surface area contributed by atoms with Crippen molar-refractivity contribution < 1.29 is 28.8 Å². The number of nitrogens with zero attached hydrogens (tertiary/aromatic N) is 3. The molecule has 332 valence electrons. The Balaban J connectivity index is 0.000000734. The van der Waals surface area contributed by atoms with Gasteiger partial charge in [0, 0.05) is 36.5 Å². The second-order valence-corrected chi connectivity index (χ2v) is 13.2. The number of para-hydroxylation sites is 3. The summed E-state index contributed by atoms with van der Waals surface area (Å²) in [6.45, 7) is 17.0. The van der Waals surface area contributed by atoms with Gasteiger partial charge in [0.2, 0.25) is 0 Å². The zero-order valence-electron chi connectivity index (χ0n) is 38.2. The van der Waals surface area contributed by atoms with Crippen LogP contribution in [-0.4, -0.2) is 35.4 Å². The summed E-state index contributed by atoms with van der Waals surface area (Å²) in [6.07, 6.45) is 12.6. The van der Waals surface area contributed by atoms with Crippen LogP contribution in [0.5, 0.6) is 0 Å². The fourth-order valence-corrected chi connectivity index (χ4v) is 4.47. The summed E-state index contributed by atoms with van der Waals surface area (Å²) >= 11 is 0. The molecular formula is C54H65N3O6. The molecule has 0 saturated carbocycles. The lowest BCUT2D eigenvalue weighted by atomic mass is 10.3. The average molecular weight is 852 g/mol. The third kappa shape index (κ3) is 23.9. The molecule has 0 bridgehead atoms. The van der Waals surface area contributed by atoms with Gasteiger partial charge in [-0.05, 0) is 36.4 Å². The number of hydrogen-bond donors (Lipinski definition) is 0. The van der Waals surface area contributed by atoms with E-state index in [0.717, 1.165) is 14.7 Å². The molecule has 0 N–H and O–H groups in total. The predicted molar refractivity (Wildman–Crippen MR) is 261 cm³/mol. The molecule has 0 aliphatic carbocycles. The Morgan fingerprint density at radius 1 is 0.238 bits per heavy atom. The molecule has 3 aliphatic heterocycles. The molecule has 0 unspecified atom stereocenters. The second-order valence-electron chi connectivity index (χ2n) is 13.2. The molecule has 0 radical (unpaired) electrons. The van der Waals surface area contributed by atoms with Gasteiger partial charge in [-0.3, -0.25) is 28.8 Å². The minimum Gasteiger partial charge on any atom is -0.269 e.